The summed E-state index contributed by atoms with van der Waals surface area (Å²) in [6, 6.07) is 0. The van der Waals surface area contributed by atoms with Crippen molar-refractivity contribution >= 4 is 5.95 Å². The van der Waals surface area contributed by atoms with Crippen molar-refractivity contribution in [2.45, 2.75) is 84.0 Å². The first kappa shape index (κ1) is 17.8. The Hall–Kier alpha value is -1.26. The zero-order valence-electron chi connectivity index (χ0n) is 13.7. The topological polar surface area (TPSA) is 70.6 Å². The lowest BCUT2D eigenvalue weighted by atomic mass is 10.1. The lowest BCUT2D eigenvalue weighted by Gasteiger charge is -2.03. The third-order valence-electron chi connectivity index (χ3n) is 3.93. The third kappa shape index (κ3) is 9.32. The zero-order valence-corrected chi connectivity index (χ0v) is 13.7. The van der Waals surface area contributed by atoms with E-state index in [1.54, 1.807) is 6.33 Å². The smallest absolute Gasteiger partial charge is 0.299 e. The molecule has 0 saturated heterocycles. The number of unbranched alkanes of at least 4 members (excludes halogenated alkanes) is 11. The molecular weight excluding hydrogens is 262 g/mol. The van der Waals surface area contributed by atoms with Crippen molar-refractivity contribution in [1.29, 1.82) is 0 Å². The van der Waals surface area contributed by atoms with Crippen molar-refractivity contribution in [2.75, 3.05) is 17.7 Å². The van der Waals surface area contributed by atoms with Crippen molar-refractivity contribution in [1.82, 2.24) is 10.2 Å². The maximum Gasteiger partial charge on any atom is 0.363 e. The van der Waals surface area contributed by atoms with Crippen LogP contribution in [0, 0.1) is 0 Å². The highest BCUT2D eigenvalue weighted by atomic mass is 15.4. The van der Waals surface area contributed by atoms with Crippen molar-refractivity contribution in [3.8, 4) is 0 Å². The summed E-state index contributed by atoms with van der Waals surface area (Å²) in [6.45, 7) is 3.23. The molecule has 21 heavy (non-hydrogen) atoms. The average Bonchev–Trinajstić information content (AvgIpc) is 2.89. The Morgan fingerprint density at radius 3 is 1.95 bits per heavy atom. The number of anilines is 1. The molecule has 0 aliphatic heterocycles. The van der Waals surface area contributed by atoms with Crippen molar-refractivity contribution in [2.24, 2.45) is 0 Å². The molecule has 122 valence electrons. The first-order valence-electron chi connectivity index (χ1n) is 8.78. The van der Waals surface area contributed by atoms with Gasteiger partial charge in [0.25, 0.3) is 6.33 Å². The molecule has 0 amide bonds. The van der Waals surface area contributed by atoms with Crippen LogP contribution in [0.3, 0.4) is 0 Å². The highest BCUT2D eigenvalue weighted by Gasteiger charge is 2.05. The molecule has 0 aliphatic carbocycles. The second-order valence-corrected chi connectivity index (χ2v) is 5.93. The fraction of sp³-hybridized carbons (Fsp3) is 0.875. The number of aromatic amines is 1. The monoisotopic (exact) mass is 296 g/mol. The molecule has 1 aromatic rings. The van der Waals surface area contributed by atoms with Crippen LogP contribution in [0.5, 0.6) is 0 Å². The average molecular weight is 296 g/mol. The first-order chi connectivity index (χ1) is 10.3. The Kier molecular flexibility index (Phi) is 10.6. The number of nitrogens with one attached hydrogen (secondary N) is 2. The normalized spacial score (nSPS) is 10.9. The highest BCUT2D eigenvalue weighted by Crippen LogP contribution is 2.11. The van der Waals surface area contributed by atoms with Gasteiger partial charge in [-0.25, -0.2) is 0 Å². The van der Waals surface area contributed by atoms with Crippen molar-refractivity contribution < 1.29 is 4.68 Å². The molecule has 4 N–H and O–H groups in total. The Labute approximate surface area is 129 Å². The molecule has 5 heteroatoms. The summed E-state index contributed by atoms with van der Waals surface area (Å²) in [4.78, 5) is 0. The van der Waals surface area contributed by atoms with Crippen LogP contribution in [0.15, 0.2) is 6.33 Å². The largest absolute Gasteiger partial charge is 0.363 e. The van der Waals surface area contributed by atoms with Crippen LogP contribution in [0.2, 0.25) is 0 Å². The van der Waals surface area contributed by atoms with Crippen LogP contribution in [0.4, 0.5) is 5.95 Å². The van der Waals surface area contributed by atoms with Crippen LogP contribution >= 0.6 is 0 Å². The summed E-state index contributed by atoms with van der Waals surface area (Å²) in [7, 11) is 0. The molecule has 0 unspecified atom stereocenters. The molecule has 1 rings (SSSR count). The summed E-state index contributed by atoms with van der Waals surface area (Å²) in [6.07, 6.45) is 18.1. The molecule has 0 aliphatic rings. The van der Waals surface area contributed by atoms with Crippen LogP contribution in [-0.4, -0.2) is 16.7 Å². The highest BCUT2D eigenvalue weighted by molar-refractivity contribution is 5.12. The molecule has 5 nitrogen and oxygen atoms in total. The number of H-pyrrole nitrogens is 1. The molecule has 1 heterocycles. The molecular formula is C16H34N5+. The maximum atomic E-state index is 5.65. The zero-order chi connectivity index (χ0) is 15.2. The van der Waals surface area contributed by atoms with E-state index < -0.39 is 0 Å². The van der Waals surface area contributed by atoms with E-state index in [1.807, 2.05) is 0 Å². The van der Waals surface area contributed by atoms with Gasteiger partial charge in [-0.1, -0.05) is 77.6 Å². The second-order valence-electron chi connectivity index (χ2n) is 5.93. The predicted octanol–water partition coefficient (Wildman–Crippen LogP) is 3.52. The molecule has 0 spiro atoms. The number of hydrogen-bond donors (Lipinski definition) is 3. The van der Waals surface area contributed by atoms with Crippen molar-refractivity contribution in [3.05, 3.63) is 6.33 Å². The molecule has 0 radical (unpaired) electrons. The lowest BCUT2D eigenvalue weighted by molar-refractivity contribution is -0.624. The second kappa shape index (κ2) is 12.5. The Morgan fingerprint density at radius 1 is 0.952 bits per heavy atom. The Morgan fingerprint density at radius 2 is 1.48 bits per heavy atom. The van der Waals surface area contributed by atoms with E-state index >= 15 is 0 Å². The van der Waals surface area contributed by atoms with E-state index in [9.17, 15) is 0 Å². The van der Waals surface area contributed by atoms with Gasteiger partial charge in [-0.3, -0.25) is 11.2 Å². The minimum Gasteiger partial charge on any atom is -0.299 e. The van der Waals surface area contributed by atoms with Gasteiger partial charge in [0.15, 0.2) is 0 Å². The molecule has 0 fully saturated rings. The van der Waals surface area contributed by atoms with Crippen LogP contribution in [0.1, 0.15) is 84.0 Å². The van der Waals surface area contributed by atoms with Gasteiger partial charge < -0.3 is 0 Å². The van der Waals surface area contributed by atoms with E-state index in [1.165, 1.54) is 81.7 Å². The van der Waals surface area contributed by atoms with Crippen LogP contribution in [-0.2, 0) is 0 Å². The van der Waals surface area contributed by atoms with Gasteiger partial charge in [0, 0.05) is 0 Å². The molecule has 0 aromatic carbocycles. The summed E-state index contributed by atoms with van der Waals surface area (Å²) in [5, 5.41) is 9.93. The standard InChI is InChI=1S/C16H33N5/c1-2-3-4-5-6-7-8-9-10-11-12-13-14-18-16-20-19-15-21(16)17/h15H,2-14,17H2,1H3,(H,18,20)/p+1. The van der Waals surface area contributed by atoms with Gasteiger partial charge in [0.2, 0.25) is 0 Å². The van der Waals surface area contributed by atoms with Gasteiger partial charge in [-0.2, -0.15) is 0 Å². The van der Waals surface area contributed by atoms with E-state index in [0.29, 0.717) is 0 Å². The molecule has 0 bridgehead atoms. The van der Waals surface area contributed by atoms with E-state index in [0.717, 1.165) is 12.5 Å². The first-order valence-corrected chi connectivity index (χ1v) is 8.78. The summed E-state index contributed by atoms with van der Waals surface area (Å²) in [5.74, 6) is 6.42. The summed E-state index contributed by atoms with van der Waals surface area (Å²) >= 11 is 0. The van der Waals surface area contributed by atoms with E-state index in [4.69, 9.17) is 5.84 Å². The van der Waals surface area contributed by atoms with Gasteiger partial charge in [0.05, 0.1) is 6.54 Å². The van der Waals surface area contributed by atoms with Gasteiger partial charge >= 0.3 is 5.95 Å². The third-order valence-corrected chi connectivity index (χ3v) is 3.93. The minimum atomic E-state index is 0.776. The summed E-state index contributed by atoms with van der Waals surface area (Å²) in [5.41, 5.74) is 0. The van der Waals surface area contributed by atoms with Gasteiger partial charge in [-0.15, -0.1) is 9.77 Å². The predicted molar refractivity (Wildman–Crippen MR) is 88.5 cm³/mol. The minimum absolute atomic E-state index is 0.776. The molecule has 0 atom stereocenters. The maximum absolute atomic E-state index is 5.65. The SMILES string of the molecule is CCCCCCCCCCCCCCNc1[nH]nc[n+]1N. The number of hydrogen-bond acceptors (Lipinski definition) is 3. The Balaban J connectivity index is 1.76. The quantitative estimate of drug-likeness (QED) is 0.279. The molecule has 1 aromatic heterocycles. The number of aromatic nitrogens is 3. The van der Waals surface area contributed by atoms with Crippen molar-refractivity contribution in [3.63, 3.8) is 0 Å². The number of rotatable bonds is 14. The Bertz CT molecular complexity index is 337. The number of nitrogen functional groups attached to an aromatic ring is 1. The van der Waals surface area contributed by atoms with E-state index in [2.05, 4.69) is 22.4 Å². The van der Waals surface area contributed by atoms with E-state index in [-0.39, 0.29) is 0 Å². The number of nitrogens with two attached hydrogens (primary N) is 1. The van der Waals surface area contributed by atoms with Crippen LogP contribution < -0.4 is 15.8 Å². The van der Waals surface area contributed by atoms with Gasteiger partial charge in [0.1, 0.15) is 0 Å². The molecule has 0 saturated carbocycles. The lowest BCUT2D eigenvalue weighted by Crippen LogP contribution is -2.45. The fourth-order valence-corrected chi connectivity index (χ4v) is 2.57. The summed E-state index contributed by atoms with van der Waals surface area (Å²) < 4.78 is 1.47. The number of nitrogens with zero attached hydrogens (tertiary/aromatic N) is 2. The fourth-order valence-electron chi connectivity index (χ4n) is 2.57. The van der Waals surface area contributed by atoms with Crippen LogP contribution in [0.25, 0.3) is 0 Å². The van der Waals surface area contributed by atoms with Gasteiger partial charge in [-0.05, 0) is 11.5 Å².